The van der Waals surface area contributed by atoms with Gasteiger partial charge in [0.05, 0.1) is 30.3 Å². The highest BCUT2D eigenvalue weighted by atomic mass is 19.1. The maximum Gasteiger partial charge on any atom is 0.413 e. The van der Waals surface area contributed by atoms with Crippen LogP contribution in [0.25, 0.3) is 21.9 Å². The second-order valence-corrected chi connectivity index (χ2v) is 8.71. The van der Waals surface area contributed by atoms with Gasteiger partial charge in [0, 0.05) is 54.4 Å². The van der Waals surface area contributed by atoms with Gasteiger partial charge in [-0.3, -0.25) is 10.3 Å². The van der Waals surface area contributed by atoms with Crippen molar-refractivity contribution in [2.45, 2.75) is 25.9 Å². The van der Waals surface area contributed by atoms with Crippen molar-refractivity contribution in [3.63, 3.8) is 0 Å². The van der Waals surface area contributed by atoms with E-state index in [4.69, 9.17) is 15.2 Å². The van der Waals surface area contributed by atoms with Crippen molar-refractivity contribution in [3.8, 4) is 11.1 Å². The number of nitrogens with zero attached hydrogens (tertiary/aromatic N) is 2. The molecule has 2 aromatic heterocycles. The van der Waals surface area contributed by atoms with E-state index in [9.17, 15) is 9.90 Å². The topological polar surface area (TPSA) is 132 Å². The molecular weight excluding hydrogens is 441 g/mol. The van der Waals surface area contributed by atoms with Crippen molar-refractivity contribution in [3.05, 3.63) is 41.6 Å². The van der Waals surface area contributed by atoms with Gasteiger partial charge in [0.25, 0.3) is 0 Å². The Kier molecular flexibility index (Phi) is 5.93. The second kappa shape index (κ2) is 9.03. The van der Waals surface area contributed by atoms with Crippen molar-refractivity contribution in [1.29, 1.82) is 0 Å². The molecule has 0 aliphatic carbocycles. The largest absolute Gasteiger partial charge is 0.443 e. The fourth-order valence-corrected chi connectivity index (χ4v) is 4.49. The number of aromatic nitrogens is 2. The van der Waals surface area contributed by atoms with Gasteiger partial charge >= 0.3 is 6.09 Å². The molecule has 5 N–H and O–H groups in total. The Hall–Kier alpha value is -3.50. The number of nitrogens with two attached hydrogens (primary N) is 1. The number of nitrogen functional groups attached to an aromatic ring is 1. The lowest BCUT2D eigenvalue weighted by Crippen LogP contribution is -2.27. The average molecular weight is 468 g/mol. The molecule has 1 amide bonds. The van der Waals surface area contributed by atoms with Gasteiger partial charge in [0.1, 0.15) is 11.9 Å². The summed E-state index contributed by atoms with van der Waals surface area (Å²) < 4.78 is 25.9. The molecule has 178 valence electrons. The third kappa shape index (κ3) is 4.10. The fourth-order valence-electron chi connectivity index (χ4n) is 4.49. The summed E-state index contributed by atoms with van der Waals surface area (Å²) in [5.41, 5.74) is 9.60. The van der Waals surface area contributed by atoms with Crippen molar-refractivity contribution in [1.82, 2.24) is 9.97 Å². The predicted octanol–water partition coefficient (Wildman–Crippen LogP) is 3.24. The van der Waals surface area contributed by atoms with Gasteiger partial charge in [-0.15, -0.1) is 0 Å². The molecule has 1 saturated heterocycles. The number of carbonyl (C=O) groups excluding carboxylic acids is 1. The Labute approximate surface area is 195 Å². The Morgan fingerprint density at radius 3 is 2.97 bits per heavy atom. The van der Waals surface area contributed by atoms with Crippen LogP contribution in [0.4, 0.5) is 26.4 Å². The highest BCUT2D eigenvalue weighted by Gasteiger charge is 2.24. The number of hydrogen-bond acceptors (Lipinski definition) is 8. The lowest BCUT2D eigenvalue weighted by molar-refractivity contribution is 0.0931. The molecule has 9 nitrogen and oxygen atoms in total. The molecule has 0 radical (unpaired) electrons. The third-order valence-electron chi connectivity index (χ3n) is 6.41. The number of nitrogens with one attached hydrogen (secondary N) is 2. The molecule has 2 aliphatic rings. The zero-order valence-electron chi connectivity index (χ0n) is 18.7. The van der Waals surface area contributed by atoms with Crippen LogP contribution in [0.5, 0.6) is 0 Å². The molecule has 4 heterocycles. The van der Waals surface area contributed by atoms with Crippen LogP contribution in [0.3, 0.4) is 0 Å². The minimum atomic E-state index is -0.625. The number of halogens is 1. The van der Waals surface area contributed by atoms with Gasteiger partial charge in [-0.25, -0.2) is 14.2 Å². The van der Waals surface area contributed by atoms with Crippen molar-refractivity contribution >= 4 is 34.1 Å². The molecule has 1 aromatic carbocycles. The molecular formula is C24H26FN5O4. The summed E-state index contributed by atoms with van der Waals surface area (Å²) in [6.07, 6.45) is 3.48. The predicted molar refractivity (Wildman–Crippen MR) is 126 cm³/mol. The maximum atomic E-state index is 15.3. The first-order chi connectivity index (χ1) is 16.4. The van der Waals surface area contributed by atoms with Crippen LogP contribution in [-0.4, -0.2) is 53.6 Å². The van der Waals surface area contributed by atoms with Crippen LogP contribution in [0.15, 0.2) is 24.5 Å². The van der Waals surface area contributed by atoms with Gasteiger partial charge in [0.2, 0.25) is 0 Å². The average Bonchev–Trinajstić information content (AvgIpc) is 3.34. The summed E-state index contributed by atoms with van der Waals surface area (Å²) in [5.74, 6) is -0.181. The van der Waals surface area contributed by atoms with E-state index in [0.717, 1.165) is 16.9 Å². The summed E-state index contributed by atoms with van der Waals surface area (Å²) >= 11 is 0. The second-order valence-electron chi connectivity index (χ2n) is 8.71. The fraction of sp³-hybridized carbons (Fsp3) is 0.375. The number of fused-ring (bicyclic) bond motifs is 2. The minimum absolute atomic E-state index is 0.0253. The van der Waals surface area contributed by atoms with E-state index >= 15 is 4.39 Å². The van der Waals surface area contributed by atoms with E-state index in [0.29, 0.717) is 54.5 Å². The summed E-state index contributed by atoms with van der Waals surface area (Å²) in [7, 11) is 0. The SMILES string of the molecule is Cc1c(-c2cc3cc(NC(=O)O[C@H]4CCOC4)ncc3c(N)c2F)cnc2c1NC[C@@H](CO)C2. The molecule has 10 heteroatoms. The Morgan fingerprint density at radius 1 is 1.35 bits per heavy atom. The van der Waals surface area contributed by atoms with E-state index < -0.39 is 11.9 Å². The quantitative estimate of drug-likeness (QED) is 0.430. The first-order valence-electron chi connectivity index (χ1n) is 11.2. The van der Waals surface area contributed by atoms with Crippen molar-refractivity contribution < 1.29 is 23.8 Å². The van der Waals surface area contributed by atoms with E-state index in [2.05, 4.69) is 20.6 Å². The normalized spacial score (nSPS) is 19.5. The zero-order valence-corrected chi connectivity index (χ0v) is 18.7. The van der Waals surface area contributed by atoms with Crippen LogP contribution >= 0.6 is 0 Å². The van der Waals surface area contributed by atoms with Crippen LogP contribution in [0.2, 0.25) is 0 Å². The molecule has 0 unspecified atom stereocenters. The Bertz CT molecular complexity index is 1260. The van der Waals surface area contributed by atoms with E-state index in [1.54, 1.807) is 18.3 Å². The number of aliphatic hydroxyl groups is 1. The number of pyridine rings is 2. The van der Waals surface area contributed by atoms with E-state index in [1.807, 2.05) is 6.92 Å². The highest BCUT2D eigenvalue weighted by Crippen LogP contribution is 2.38. The number of benzene rings is 1. The lowest BCUT2D eigenvalue weighted by Gasteiger charge is -2.26. The molecule has 2 atom stereocenters. The maximum absolute atomic E-state index is 15.3. The smallest absolute Gasteiger partial charge is 0.413 e. The van der Waals surface area contributed by atoms with Crippen LogP contribution < -0.4 is 16.4 Å². The number of carbonyl (C=O) groups is 1. The van der Waals surface area contributed by atoms with Crippen molar-refractivity contribution in [2.75, 3.05) is 42.7 Å². The van der Waals surface area contributed by atoms with E-state index in [-0.39, 0.29) is 30.1 Å². The molecule has 34 heavy (non-hydrogen) atoms. The van der Waals surface area contributed by atoms with Gasteiger partial charge in [0.15, 0.2) is 5.82 Å². The number of anilines is 3. The van der Waals surface area contributed by atoms with Crippen molar-refractivity contribution in [2.24, 2.45) is 5.92 Å². The zero-order chi connectivity index (χ0) is 23.8. The summed E-state index contributed by atoms with van der Waals surface area (Å²) in [4.78, 5) is 20.9. The molecule has 3 aromatic rings. The first kappa shape index (κ1) is 22.3. The number of rotatable bonds is 4. The molecule has 0 bridgehead atoms. The number of amides is 1. The standard InChI is InChI=1S/C24H26FN5O4/c1-12-17(8-27-19-4-13(10-31)7-29-23(12)19)16-5-14-6-20(28-9-18(14)22(26)21(16)25)30-24(32)34-15-2-3-33-11-15/h5-6,8-9,13,15,29,31H,2-4,7,10-11,26H2,1H3,(H,28,30,32)/t13-,15-/m0/s1. The number of aliphatic hydroxyl groups excluding tert-OH is 1. The van der Waals surface area contributed by atoms with Gasteiger partial charge < -0.3 is 25.6 Å². The Balaban J connectivity index is 1.48. The molecule has 5 rings (SSSR count). The van der Waals surface area contributed by atoms with Gasteiger partial charge in [-0.05, 0) is 36.4 Å². The van der Waals surface area contributed by atoms with Crippen LogP contribution in [-0.2, 0) is 15.9 Å². The van der Waals surface area contributed by atoms with E-state index in [1.165, 1.54) is 6.20 Å². The molecule has 2 aliphatic heterocycles. The number of ether oxygens (including phenoxy) is 2. The van der Waals surface area contributed by atoms with Gasteiger partial charge in [-0.2, -0.15) is 0 Å². The van der Waals surface area contributed by atoms with Gasteiger partial charge in [-0.1, -0.05) is 0 Å². The summed E-state index contributed by atoms with van der Waals surface area (Å²) in [6, 6.07) is 3.31. The van der Waals surface area contributed by atoms with Crippen LogP contribution in [0.1, 0.15) is 17.7 Å². The highest BCUT2D eigenvalue weighted by molar-refractivity contribution is 5.99. The third-order valence-corrected chi connectivity index (χ3v) is 6.41. The first-order valence-corrected chi connectivity index (χ1v) is 11.2. The summed E-state index contributed by atoms with van der Waals surface area (Å²) in [5, 5.41) is 16.4. The lowest BCUT2D eigenvalue weighted by atomic mass is 9.92. The monoisotopic (exact) mass is 467 g/mol. The summed E-state index contributed by atoms with van der Waals surface area (Å²) in [6.45, 7) is 3.55. The Morgan fingerprint density at radius 2 is 2.21 bits per heavy atom. The molecule has 0 spiro atoms. The molecule has 0 saturated carbocycles. The molecule has 1 fully saturated rings. The minimum Gasteiger partial charge on any atom is -0.443 e. The number of hydrogen-bond donors (Lipinski definition) is 4. The van der Waals surface area contributed by atoms with Crippen LogP contribution in [0, 0.1) is 18.7 Å².